The van der Waals surface area contributed by atoms with E-state index in [1.165, 1.54) is 23.3 Å². The number of para-hydroxylation sites is 1. The molecule has 2 aromatic rings. The lowest BCUT2D eigenvalue weighted by Gasteiger charge is -2.17. The van der Waals surface area contributed by atoms with E-state index in [-0.39, 0.29) is 12.5 Å². The van der Waals surface area contributed by atoms with Gasteiger partial charge in [-0.2, -0.15) is 0 Å². The first kappa shape index (κ1) is 13.6. The van der Waals surface area contributed by atoms with Gasteiger partial charge in [0, 0.05) is 12.2 Å². The van der Waals surface area contributed by atoms with Crippen molar-refractivity contribution in [2.45, 2.75) is 5.92 Å². The minimum absolute atomic E-state index is 0.147. The van der Waals surface area contributed by atoms with E-state index < -0.39 is 11.9 Å². The van der Waals surface area contributed by atoms with Crippen molar-refractivity contribution in [3.63, 3.8) is 0 Å². The number of anilines is 1. The van der Waals surface area contributed by atoms with Crippen molar-refractivity contribution in [3.05, 3.63) is 46.2 Å². The van der Waals surface area contributed by atoms with Crippen LogP contribution in [0.1, 0.15) is 21.2 Å². The van der Waals surface area contributed by atoms with E-state index in [9.17, 15) is 14.7 Å². The Bertz CT molecular complexity index is 709. The standard InChI is InChI=1S/C15H13NO4S/c1-20-12-6-7-21-13(12)14(17)16-8-10(15(18)19)9-4-2-3-5-11(9)16/h2-7,10H,8H2,1H3,(H,18,19)/t10-/m1/s1. The van der Waals surface area contributed by atoms with Gasteiger partial charge in [-0.15, -0.1) is 11.3 Å². The molecule has 0 bridgehead atoms. The monoisotopic (exact) mass is 303 g/mol. The summed E-state index contributed by atoms with van der Waals surface area (Å²) < 4.78 is 5.17. The summed E-state index contributed by atoms with van der Waals surface area (Å²) in [6, 6.07) is 8.85. The number of carboxylic acids is 1. The zero-order valence-electron chi connectivity index (χ0n) is 11.3. The van der Waals surface area contributed by atoms with Crippen LogP contribution >= 0.6 is 11.3 Å². The average Bonchev–Trinajstić information content (AvgIpc) is 3.11. The smallest absolute Gasteiger partial charge is 0.312 e. The van der Waals surface area contributed by atoms with Crippen molar-refractivity contribution in [3.8, 4) is 5.75 Å². The molecule has 0 fully saturated rings. The van der Waals surface area contributed by atoms with Crippen molar-refractivity contribution in [1.29, 1.82) is 0 Å². The van der Waals surface area contributed by atoms with Crippen LogP contribution in [-0.2, 0) is 4.79 Å². The van der Waals surface area contributed by atoms with E-state index >= 15 is 0 Å². The second-order valence-electron chi connectivity index (χ2n) is 4.68. The van der Waals surface area contributed by atoms with Crippen LogP contribution in [0.2, 0.25) is 0 Å². The summed E-state index contributed by atoms with van der Waals surface area (Å²) >= 11 is 1.29. The number of nitrogens with zero attached hydrogens (tertiary/aromatic N) is 1. The minimum atomic E-state index is -0.920. The van der Waals surface area contributed by atoms with E-state index in [0.29, 0.717) is 21.9 Å². The number of carbonyl (C=O) groups excluding carboxylic acids is 1. The molecule has 1 N–H and O–H groups in total. The maximum atomic E-state index is 12.7. The molecule has 108 valence electrons. The molecule has 1 aliphatic rings. The van der Waals surface area contributed by atoms with Gasteiger partial charge in [-0.05, 0) is 23.1 Å². The summed E-state index contributed by atoms with van der Waals surface area (Å²) in [5.74, 6) is -1.31. The van der Waals surface area contributed by atoms with Gasteiger partial charge in [0.25, 0.3) is 5.91 Å². The molecular formula is C15H13NO4S. The Morgan fingerprint density at radius 1 is 1.33 bits per heavy atom. The molecule has 1 amide bonds. The summed E-state index contributed by atoms with van der Waals surface area (Å²) in [6.07, 6.45) is 0. The van der Waals surface area contributed by atoms with E-state index in [1.807, 2.05) is 0 Å². The number of hydrogen-bond acceptors (Lipinski definition) is 4. The Morgan fingerprint density at radius 2 is 2.10 bits per heavy atom. The Hall–Kier alpha value is -2.34. The van der Waals surface area contributed by atoms with Crippen molar-refractivity contribution >= 4 is 28.9 Å². The normalized spacial score (nSPS) is 16.6. The van der Waals surface area contributed by atoms with E-state index in [4.69, 9.17) is 4.74 Å². The molecule has 3 rings (SSSR count). The number of carboxylic acid groups (broad SMARTS) is 1. The summed E-state index contributed by atoms with van der Waals surface area (Å²) in [5, 5.41) is 11.1. The highest BCUT2D eigenvalue weighted by molar-refractivity contribution is 7.12. The maximum Gasteiger partial charge on any atom is 0.312 e. The predicted molar refractivity (Wildman–Crippen MR) is 79.4 cm³/mol. The first-order valence-corrected chi connectivity index (χ1v) is 7.26. The number of rotatable bonds is 3. The molecule has 0 unspecified atom stereocenters. The van der Waals surface area contributed by atoms with Crippen molar-refractivity contribution in [1.82, 2.24) is 0 Å². The highest BCUT2D eigenvalue weighted by atomic mass is 32.1. The summed E-state index contributed by atoms with van der Waals surface area (Å²) in [5.41, 5.74) is 1.33. The molecule has 0 aliphatic carbocycles. The van der Waals surface area contributed by atoms with Crippen molar-refractivity contribution in [2.24, 2.45) is 0 Å². The number of carbonyl (C=O) groups is 2. The molecule has 6 heteroatoms. The zero-order chi connectivity index (χ0) is 15.0. The van der Waals surface area contributed by atoms with Gasteiger partial charge in [-0.3, -0.25) is 9.59 Å². The first-order chi connectivity index (χ1) is 10.1. The second-order valence-corrected chi connectivity index (χ2v) is 5.60. The van der Waals surface area contributed by atoms with Gasteiger partial charge >= 0.3 is 5.97 Å². The van der Waals surface area contributed by atoms with E-state index in [0.717, 1.165) is 0 Å². The predicted octanol–water partition coefficient (Wildman–Crippen LogP) is 2.59. The molecule has 0 saturated carbocycles. The molecular weight excluding hydrogens is 290 g/mol. The van der Waals surface area contributed by atoms with Gasteiger partial charge in [0.05, 0.1) is 7.11 Å². The molecule has 0 radical (unpaired) electrons. The van der Waals surface area contributed by atoms with Gasteiger partial charge in [0.1, 0.15) is 16.5 Å². The van der Waals surface area contributed by atoms with Crippen molar-refractivity contribution in [2.75, 3.05) is 18.6 Å². The van der Waals surface area contributed by atoms with Gasteiger partial charge in [0.2, 0.25) is 0 Å². The van der Waals surface area contributed by atoms with Gasteiger partial charge in [0.15, 0.2) is 0 Å². The van der Waals surface area contributed by atoms with Crippen molar-refractivity contribution < 1.29 is 19.4 Å². The maximum absolute atomic E-state index is 12.7. The Morgan fingerprint density at radius 3 is 2.81 bits per heavy atom. The fourth-order valence-electron chi connectivity index (χ4n) is 2.55. The summed E-state index contributed by atoms with van der Waals surface area (Å²) in [4.78, 5) is 26.1. The Balaban J connectivity index is 2.01. The van der Waals surface area contributed by atoms with Crippen LogP contribution < -0.4 is 9.64 Å². The highest BCUT2D eigenvalue weighted by Crippen LogP contribution is 2.38. The first-order valence-electron chi connectivity index (χ1n) is 6.38. The highest BCUT2D eigenvalue weighted by Gasteiger charge is 2.37. The van der Waals surface area contributed by atoms with Crippen LogP contribution in [0, 0.1) is 0 Å². The van der Waals surface area contributed by atoms with Crippen LogP contribution in [0.25, 0.3) is 0 Å². The largest absolute Gasteiger partial charge is 0.495 e. The van der Waals surface area contributed by atoms with Crippen LogP contribution in [0.5, 0.6) is 5.75 Å². The molecule has 5 nitrogen and oxygen atoms in total. The Kier molecular flexibility index (Phi) is 3.39. The third-order valence-electron chi connectivity index (χ3n) is 3.55. The number of benzene rings is 1. The van der Waals surface area contributed by atoms with Crippen LogP contribution in [0.4, 0.5) is 5.69 Å². The zero-order valence-corrected chi connectivity index (χ0v) is 12.1. The molecule has 2 heterocycles. The number of amides is 1. The number of aliphatic carboxylic acids is 1. The SMILES string of the molecule is COc1ccsc1C(=O)N1C[C@@H](C(=O)O)c2ccccc21. The fourth-order valence-corrected chi connectivity index (χ4v) is 3.35. The Labute approximate surface area is 125 Å². The van der Waals surface area contributed by atoms with Crippen LogP contribution in [0.15, 0.2) is 35.7 Å². The van der Waals surface area contributed by atoms with Crippen LogP contribution in [0.3, 0.4) is 0 Å². The van der Waals surface area contributed by atoms with Crippen LogP contribution in [-0.4, -0.2) is 30.6 Å². The molecule has 1 atom stereocenters. The average molecular weight is 303 g/mol. The minimum Gasteiger partial charge on any atom is -0.495 e. The molecule has 1 aliphatic heterocycles. The molecule has 1 aromatic carbocycles. The fraction of sp³-hybridized carbons (Fsp3) is 0.200. The number of fused-ring (bicyclic) bond motifs is 1. The second kappa shape index (κ2) is 5.21. The molecule has 1 aromatic heterocycles. The topological polar surface area (TPSA) is 66.8 Å². The summed E-state index contributed by atoms with van der Waals surface area (Å²) in [6.45, 7) is 0.147. The van der Waals surface area contributed by atoms with Gasteiger partial charge < -0.3 is 14.7 Å². The van der Waals surface area contributed by atoms with E-state index in [2.05, 4.69) is 0 Å². The lowest BCUT2D eigenvalue weighted by Crippen LogP contribution is -2.30. The lowest BCUT2D eigenvalue weighted by atomic mass is 10.0. The lowest BCUT2D eigenvalue weighted by molar-refractivity contribution is -0.138. The number of ether oxygens (including phenoxy) is 1. The third kappa shape index (κ3) is 2.17. The van der Waals surface area contributed by atoms with Gasteiger partial charge in [-0.25, -0.2) is 0 Å². The molecule has 21 heavy (non-hydrogen) atoms. The van der Waals surface area contributed by atoms with Gasteiger partial charge in [-0.1, -0.05) is 18.2 Å². The molecule has 0 saturated heterocycles. The summed E-state index contributed by atoms with van der Waals surface area (Å²) in [7, 11) is 1.51. The number of thiophene rings is 1. The van der Waals surface area contributed by atoms with E-state index in [1.54, 1.807) is 35.7 Å². The number of methoxy groups -OCH3 is 1. The number of hydrogen-bond donors (Lipinski definition) is 1. The quantitative estimate of drug-likeness (QED) is 0.946. The third-order valence-corrected chi connectivity index (χ3v) is 4.44. The molecule has 0 spiro atoms.